The van der Waals surface area contributed by atoms with Gasteiger partial charge in [-0.05, 0) is 30.2 Å². The molecule has 1 atom stereocenters. The molecule has 106 valence electrons. The molecule has 2 aromatic carbocycles. The minimum atomic E-state index is -4.36. The average Bonchev–Trinajstić information content (AvgIpc) is 2.39. The van der Waals surface area contributed by atoms with E-state index < -0.39 is 12.2 Å². The number of anilines is 1. The van der Waals surface area contributed by atoms with E-state index in [1.54, 1.807) is 36.4 Å². The first kappa shape index (κ1) is 14.9. The highest BCUT2D eigenvalue weighted by Gasteiger charge is 2.40. The van der Waals surface area contributed by atoms with Crippen LogP contribution in [0, 0.1) is 6.92 Å². The number of aryl methyl sites for hydroxylation is 1. The van der Waals surface area contributed by atoms with Crippen LogP contribution in [-0.4, -0.2) is 6.18 Å². The molecule has 0 bridgehead atoms. The molecule has 0 saturated heterocycles. The molecule has 0 spiro atoms. The van der Waals surface area contributed by atoms with Gasteiger partial charge in [-0.2, -0.15) is 13.2 Å². The molecule has 5 heteroatoms. The van der Waals surface area contributed by atoms with Gasteiger partial charge in [0.25, 0.3) is 0 Å². The Bertz CT molecular complexity index is 581. The van der Waals surface area contributed by atoms with Crippen molar-refractivity contribution in [3.8, 4) is 0 Å². The predicted octanol–water partition coefficient (Wildman–Crippen LogP) is 5.47. The van der Waals surface area contributed by atoms with Gasteiger partial charge in [-0.3, -0.25) is 0 Å². The zero-order chi connectivity index (χ0) is 14.8. The molecule has 2 aromatic rings. The molecule has 2 rings (SSSR count). The van der Waals surface area contributed by atoms with Crippen molar-refractivity contribution in [3.63, 3.8) is 0 Å². The summed E-state index contributed by atoms with van der Waals surface area (Å²) < 4.78 is 40.4. The molecule has 0 radical (unpaired) electrons. The van der Waals surface area contributed by atoms with Crippen molar-refractivity contribution in [2.24, 2.45) is 0 Å². The quantitative estimate of drug-likeness (QED) is 0.778. The molecular formula is C15H13BrF3N. The Morgan fingerprint density at radius 3 is 2.25 bits per heavy atom. The van der Waals surface area contributed by atoms with Crippen molar-refractivity contribution in [2.45, 2.75) is 19.1 Å². The van der Waals surface area contributed by atoms with Crippen molar-refractivity contribution >= 4 is 21.6 Å². The summed E-state index contributed by atoms with van der Waals surface area (Å²) in [6, 6.07) is 11.2. The van der Waals surface area contributed by atoms with Crippen LogP contribution in [0.15, 0.2) is 53.0 Å². The number of nitrogens with one attached hydrogen (secondary N) is 1. The van der Waals surface area contributed by atoms with Gasteiger partial charge in [-0.25, -0.2) is 0 Å². The Hall–Kier alpha value is -1.49. The van der Waals surface area contributed by atoms with Crippen molar-refractivity contribution in [1.82, 2.24) is 0 Å². The Labute approximate surface area is 123 Å². The lowest BCUT2D eigenvalue weighted by Gasteiger charge is -2.23. The van der Waals surface area contributed by atoms with Crippen molar-refractivity contribution in [1.29, 1.82) is 0 Å². The molecule has 0 aromatic heterocycles. The Balaban J connectivity index is 2.31. The van der Waals surface area contributed by atoms with Gasteiger partial charge >= 0.3 is 6.18 Å². The molecule has 0 fully saturated rings. The molecule has 1 unspecified atom stereocenters. The maximum Gasteiger partial charge on any atom is 0.412 e. The number of hydrogen-bond donors (Lipinski definition) is 1. The monoisotopic (exact) mass is 343 g/mol. The molecule has 0 aliphatic rings. The van der Waals surface area contributed by atoms with Gasteiger partial charge in [0.2, 0.25) is 0 Å². The van der Waals surface area contributed by atoms with Crippen molar-refractivity contribution in [2.75, 3.05) is 5.32 Å². The second kappa shape index (κ2) is 5.87. The first-order valence-electron chi connectivity index (χ1n) is 6.02. The highest BCUT2D eigenvalue weighted by atomic mass is 79.9. The Kier molecular flexibility index (Phi) is 4.38. The molecule has 20 heavy (non-hydrogen) atoms. The van der Waals surface area contributed by atoms with Crippen molar-refractivity contribution < 1.29 is 13.2 Å². The zero-order valence-electron chi connectivity index (χ0n) is 10.7. The predicted molar refractivity (Wildman–Crippen MR) is 77.7 cm³/mol. The standard InChI is InChI=1S/C15H13BrF3N/c1-10-7-8-12(9-13(10)16)20-14(15(17,18)19)11-5-3-2-4-6-11/h2-9,14,20H,1H3. The topological polar surface area (TPSA) is 12.0 Å². The van der Waals surface area contributed by atoms with Gasteiger partial charge in [-0.15, -0.1) is 0 Å². The van der Waals surface area contributed by atoms with E-state index in [-0.39, 0.29) is 5.56 Å². The summed E-state index contributed by atoms with van der Waals surface area (Å²) in [7, 11) is 0. The van der Waals surface area contributed by atoms with E-state index in [0.717, 1.165) is 10.0 Å². The second-order valence-electron chi connectivity index (χ2n) is 4.49. The van der Waals surface area contributed by atoms with Crippen molar-refractivity contribution in [3.05, 3.63) is 64.1 Å². The van der Waals surface area contributed by atoms with Gasteiger partial charge in [0.1, 0.15) is 6.04 Å². The molecule has 0 aliphatic carbocycles. The van der Waals surface area contributed by atoms with Gasteiger partial charge < -0.3 is 5.32 Å². The first-order valence-corrected chi connectivity index (χ1v) is 6.81. The van der Waals surface area contributed by atoms with E-state index in [1.807, 2.05) is 6.92 Å². The van der Waals surface area contributed by atoms with Crippen LogP contribution in [0.25, 0.3) is 0 Å². The van der Waals surface area contributed by atoms with Crippen LogP contribution in [0.1, 0.15) is 17.2 Å². The summed E-state index contributed by atoms with van der Waals surface area (Å²) in [6.45, 7) is 1.88. The fraction of sp³-hybridized carbons (Fsp3) is 0.200. The number of halogens is 4. The largest absolute Gasteiger partial charge is 0.412 e. The number of hydrogen-bond acceptors (Lipinski definition) is 1. The van der Waals surface area contributed by atoms with Crippen LogP contribution in [-0.2, 0) is 0 Å². The lowest BCUT2D eigenvalue weighted by atomic mass is 10.1. The lowest BCUT2D eigenvalue weighted by Crippen LogP contribution is -2.27. The van der Waals surface area contributed by atoms with Gasteiger partial charge in [0, 0.05) is 10.2 Å². The van der Waals surface area contributed by atoms with E-state index >= 15 is 0 Å². The molecule has 0 heterocycles. The summed E-state index contributed by atoms with van der Waals surface area (Å²) in [4.78, 5) is 0. The minimum Gasteiger partial charge on any atom is -0.370 e. The summed E-state index contributed by atoms with van der Waals surface area (Å²) >= 11 is 3.32. The smallest absolute Gasteiger partial charge is 0.370 e. The summed E-state index contributed by atoms with van der Waals surface area (Å²) in [5.41, 5.74) is 1.59. The highest BCUT2D eigenvalue weighted by molar-refractivity contribution is 9.10. The fourth-order valence-electron chi connectivity index (χ4n) is 1.85. The zero-order valence-corrected chi connectivity index (χ0v) is 12.3. The summed E-state index contributed by atoms with van der Waals surface area (Å²) in [5.74, 6) is 0. The maximum absolute atomic E-state index is 13.2. The minimum absolute atomic E-state index is 0.191. The summed E-state index contributed by atoms with van der Waals surface area (Å²) in [5, 5.41) is 2.55. The average molecular weight is 344 g/mol. The number of benzene rings is 2. The van der Waals surface area contributed by atoms with Crippen LogP contribution in [0.2, 0.25) is 0 Å². The molecular weight excluding hydrogens is 331 g/mol. The second-order valence-corrected chi connectivity index (χ2v) is 5.35. The SMILES string of the molecule is Cc1ccc(NC(c2ccccc2)C(F)(F)F)cc1Br. The third-order valence-corrected chi connectivity index (χ3v) is 3.80. The molecule has 0 aliphatic heterocycles. The maximum atomic E-state index is 13.2. The van der Waals surface area contributed by atoms with Gasteiger partial charge in [0.15, 0.2) is 0 Å². The van der Waals surface area contributed by atoms with Crippen LogP contribution >= 0.6 is 15.9 Å². The Morgan fingerprint density at radius 1 is 1.05 bits per heavy atom. The highest BCUT2D eigenvalue weighted by Crippen LogP contribution is 2.36. The number of rotatable bonds is 3. The van der Waals surface area contributed by atoms with Crippen LogP contribution < -0.4 is 5.32 Å². The molecule has 1 N–H and O–H groups in total. The third kappa shape index (κ3) is 3.54. The van der Waals surface area contributed by atoms with E-state index in [4.69, 9.17) is 0 Å². The van der Waals surface area contributed by atoms with Crippen LogP contribution in [0.4, 0.5) is 18.9 Å². The normalized spacial score (nSPS) is 13.1. The van der Waals surface area contributed by atoms with E-state index in [0.29, 0.717) is 5.69 Å². The third-order valence-electron chi connectivity index (χ3n) is 2.94. The number of alkyl halides is 3. The van der Waals surface area contributed by atoms with Crippen LogP contribution in [0.3, 0.4) is 0 Å². The van der Waals surface area contributed by atoms with Gasteiger partial charge in [0.05, 0.1) is 0 Å². The van der Waals surface area contributed by atoms with E-state index in [9.17, 15) is 13.2 Å². The fourth-order valence-corrected chi connectivity index (χ4v) is 2.23. The van der Waals surface area contributed by atoms with E-state index in [1.165, 1.54) is 12.1 Å². The van der Waals surface area contributed by atoms with Gasteiger partial charge in [-0.1, -0.05) is 52.3 Å². The molecule has 0 amide bonds. The molecule has 1 nitrogen and oxygen atoms in total. The Morgan fingerprint density at radius 2 is 1.70 bits per heavy atom. The summed E-state index contributed by atoms with van der Waals surface area (Å²) in [6.07, 6.45) is -4.36. The first-order chi connectivity index (χ1) is 9.38. The van der Waals surface area contributed by atoms with Crippen LogP contribution in [0.5, 0.6) is 0 Å². The van der Waals surface area contributed by atoms with E-state index in [2.05, 4.69) is 21.2 Å². The molecule has 0 saturated carbocycles. The lowest BCUT2D eigenvalue weighted by molar-refractivity contribution is -0.144.